The van der Waals surface area contributed by atoms with Crippen molar-refractivity contribution in [2.75, 3.05) is 0 Å². The Kier molecular flexibility index (Phi) is 7.10. The molecule has 0 bridgehead atoms. The number of piperidine rings is 1. The van der Waals surface area contributed by atoms with E-state index < -0.39 is 5.92 Å². The predicted molar refractivity (Wildman–Crippen MR) is 110 cm³/mol. The number of carbonyl (C=O) groups is 3. The van der Waals surface area contributed by atoms with Crippen LogP contribution in [0.2, 0.25) is 0 Å². The SMILES string of the molecule is CC(C)CC1CC(C(=O)NNC(=O)c2cc3c(s2)CCCCCC3)CC(=O)N1. The van der Waals surface area contributed by atoms with E-state index in [1.165, 1.54) is 47.5 Å². The standard InChI is InChI=1S/C21H31N3O3S/c1-13(2)9-16-10-15(12-19(25)22-16)20(26)23-24-21(27)18-11-14-7-5-3-4-6-8-17(14)28-18/h11,13,15-16H,3-10,12H2,1-2H3,(H,22,25)(H,23,26)(H,24,27). The quantitative estimate of drug-likeness (QED) is 0.673. The third kappa shape index (κ3) is 5.56. The van der Waals surface area contributed by atoms with E-state index >= 15 is 0 Å². The maximum Gasteiger partial charge on any atom is 0.279 e. The molecule has 2 heterocycles. The molecule has 1 aliphatic carbocycles. The lowest BCUT2D eigenvalue weighted by Crippen LogP contribution is -2.50. The molecule has 2 unspecified atom stereocenters. The molecule has 154 valence electrons. The molecule has 0 radical (unpaired) electrons. The molecule has 1 saturated heterocycles. The Balaban J connectivity index is 1.54. The van der Waals surface area contributed by atoms with Gasteiger partial charge in [-0.3, -0.25) is 25.2 Å². The predicted octanol–water partition coefficient (Wildman–Crippen LogP) is 3.11. The lowest BCUT2D eigenvalue weighted by atomic mass is 9.87. The third-order valence-corrected chi connectivity index (χ3v) is 6.75. The second kappa shape index (κ2) is 9.54. The second-order valence-electron chi connectivity index (χ2n) is 8.45. The zero-order valence-electron chi connectivity index (χ0n) is 16.8. The average molecular weight is 406 g/mol. The van der Waals surface area contributed by atoms with Crippen LogP contribution in [-0.2, 0) is 22.4 Å². The maximum atomic E-state index is 12.5. The van der Waals surface area contributed by atoms with E-state index in [4.69, 9.17) is 0 Å². The number of nitrogens with one attached hydrogen (secondary N) is 3. The minimum Gasteiger partial charge on any atom is -0.353 e. The Morgan fingerprint density at radius 1 is 1.18 bits per heavy atom. The van der Waals surface area contributed by atoms with Gasteiger partial charge in [0.15, 0.2) is 0 Å². The molecule has 1 aliphatic heterocycles. The highest BCUT2D eigenvalue weighted by Gasteiger charge is 2.32. The van der Waals surface area contributed by atoms with Crippen molar-refractivity contribution in [2.45, 2.75) is 77.7 Å². The molecule has 6 nitrogen and oxygen atoms in total. The van der Waals surface area contributed by atoms with Crippen molar-refractivity contribution in [3.8, 4) is 0 Å². The monoisotopic (exact) mass is 405 g/mol. The first-order valence-electron chi connectivity index (χ1n) is 10.4. The van der Waals surface area contributed by atoms with Gasteiger partial charge in [0, 0.05) is 17.3 Å². The number of thiophene rings is 1. The molecule has 0 saturated carbocycles. The van der Waals surface area contributed by atoms with Gasteiger partial charge in [-0.05, 0) is 56.1 Å². The van der Waals surface area contributed by atoms with Crippen LogP contribution in [0.1, 0.15) is 78.9 Å². The fourth-order valence-corrected chi connectivity index (χ4v) is 5.31. The number of hydrogen-bond acceptors (Lipinski definition) is 4. The van der Waals surface area contributed by atoms with Gasteiger partial charge < -0.3 is 5.32 Å². The van der Waals surface area contributed by atoms with Crippen molar-refractivity contribution < 1.29 is 14.4 Å². The summed E-state index contributed by atoms with van der Waals surface area (Å²) in [6, 6.07) is 1.99. The lowest BCUT2D eigenvalue weighted by molar-refractivity contribution is -0.134. The molecule has 1 aromatic rings. The first kappa shape index (κ1) is 20.8. The first-order chi connectivity index (χ1) is 13.4. The highest BCUT2D eigenvalue weighted by molar-refractivity contribution is 7.14. The van der Waals surface area contributed by atoms with Crippen LogP contribution in [0.4, 0.5) is 0 Å². The van der Waals surface area contributed by atoms with Crippen LogP contribution in [0.5, 0.6) is 0 Å². The molecule has 0 spiro atoms. The van der Waals surface area contributed by atoms with E-state index in [1.54, 1.807) is 0 Å². The van der Waals surface area contributed by atoms with E-state index in [0.29, 0.717) is 17.2 Å². The lowest BCUT2D eigenvalue weighted by Gasteiger charge is -2.30. The van der Waals surface area contributed by atoms with Crippen LogP contribution in [0.15, 0.2) is 6.07 Å². The van der Waals surface area contributed by atoms with Crippen LogP contribution in [0, 0.1) is 11.8 Å². The topological polar surface area (TPSA) is 87.3 Å². The third-order valence-electron chi connectivity index (χ3n) is 5.51. The number of hydrogen-bond donors (Lipinski definition) is 3. The van der Waals surface area contributed by atoms with Crippen LogP contribution in [0.25, 0.3) is 0 Å². The Labute approximate surface area is 170 Å². The molecule has 1 fully saturated rings. The fourth-order valence-electron chi connectivity index (χ4n) is 4.16. The van der Waals surface area contributed by atoms with Gasteiger partial charge in [0.1, 0.15) is 0 Å². The minimum absolute atomic E-state index is 0.0181. The molecule has 1 aromatic heterocycles. The first-order valence-corrected chi connectivity index (χ1v) is 11.2. The van der Waals surface area contributed by atoms with E-state index in [1.807, 2.05) is 6.07 Å². The summed E-state index contributed by atoms with van der Waals surface area (Å²) >= 11 is 1.53. The summed E-state index contributed by atoms with van der Waals surface area (Å²) in [6.45, 7) is 4.20. The van der Waals surface area contributed by atoms with Crippen LogP contribution >= 0.6 is 11.3 Å². The second-order valence-corrected chi connectivity index (χ2v) is 9.58. The smallest absolute Gasteiger partial charge is 0.279 e. The molecule has 28 heavy (non-hydrogen) atoms. The molecule has 2 aliphatic rings. The highest BCUT2D eigenvalue weighted by atomic mass is 32.1. The average Bonchev–Trinajstić information content (AvgIpc) is 3.00. The molecule has 3 amide bonds. The molecular formula is C21H31N3O3S. The molecule has 0 aromatic carbocycles. The highest BCUT2D eigenvalue weighted by Crippen LogP contribution is 2.28. The Morgan fingerprint density at radius 3 is 2.68 bits per heavy atom. The maximum absolute atomic E-state index is 12.5. The Hall–Kier alpha value is -1.89. The summed E-state index contributed by atoms with van der Waals surface area (Å²) in [5, 5.41) is 2.96. The summed E-state index contributed by atoms with van der Waals surface area (Å²) < 4.78 is 0. The van der Waals surface area contributed by atoms with Gasteiger partial charge in [-0.15, -0.1) is 11.3 Å². The number of rotatable bonds is 4. The Morgan fingerprint density at radius 2 is 1.93 bits per heavy atom. The summed E-state index contributed by atoms with van der Waals surface area (Å²) in [7, 11) is 0. The number of amides is 3. The van der Waals surface area contributed by atoms with Gasteiger partial charge in [0.05, 0.1) is 10.8 Å². The van der Waals surface area contributed by atoms with Crippen molar-refractivity contribution >= 4 is 29.1 Å². The van der Waals surface area contributed by atoms with Gasteiger partial charge in [0.2, 0.25) is 11.8 Å². The zero-order chi connectivity index (χ0) is 20.1. The van der Waals surface area contributed by atoms with Gasteiger partial charge in [-0.1, -0.05) is 26.7 Å². The molecule has 2 atom stereocenters. The zero-order valence-corrected chi connectivity index (χ0v) is 17.6. The minimum atomic E-state index is -0.402. The van der Waals surface area contributed by atoms with Crippen molar-refractivity contribution in [1.82, 2.24) is 16.2 Å². The van der Waals surface area contributed by atoms with Crippen LogP contribution < -0.4 is 16.2 Å². The van der Waals surface area contributed by atoms with Crippen molar-refractivity contribution in [1.29, 1.82) is 0 Å². The molecule has 3 rings (SSSR count). The normalized spacial score (nSPS) is 22.6. The van der Waals surface area contributed by atoms with Crippen molar-refractivity contribution in [3.05, 3.63) is 21.4 Å². The summed E-state index contributed by atoms with van der Waals surface area (Å²) in [4.78, 5) is 38.9. The van der Waals surface area contributed by atoms with Gasteiger partial charge in [0.25, 0.3) is 5.91 Å². The van der Waals surface area contributed by atoms with Gasteiger partial charge >= 0.3 is 0 Å². The van der Waals surface area contributed by atoms with E-state index in [9.17, 15) is 14.4 Å². The number of hydrazine groups is 1. The summed E-state index contributed by atoms with van der Waals surface area (Å²) in [5.41, 5.74) is 6.36. The van der Waals surface area contributed by atoms with E-state index in [2.05, 4.69) is 30.0 Å². The largest absolute Gasteiger partial charge is 0.353 e. The number of aryl methyl sites for hydroxylation is 2. The Bertz CT molecular complexity index is 703. The van der Waals surface area contributed by atoms with E-state index in [0.717, 1.165) is 19.3 Å². The molecular weight excluding hydrogens is 374 g/mol. The van der Waals surface area contributed by atoms with E-state index in [-0.39, 0.29) is 30.2 Å². The van der Waals surface area contributed by atoms with Gasteiger partial charge in [-0.2, -0.15) is 0 Å². The summed E-state index contributed by atoms with van der Waals surface area (Å²) in [5.74, 6) is -0.608. The number of fused-ring (bicyclic) bond motifs is 1. The molecule has 3 N–H and O–H groups in total. The van der Waals surface area contributed by atoms with Gasteiger partial charge in [-0.25, -0.2) is 0 Å². The van der Waals surface area contributed by atoms with Crippen LogP contribution in [-0.4, -0.2) is 23.8 Å². The fraction of sp³-hybridized carbons (Fsp3) is 0.667. The number of carbonyl (C=O) groups excluding carboxylic acids is 3. The van der Waals surface area contributed by atoms with Crippen molar-refractivity contribution in [3.63, 3.8) is 0 Å². The molecule has 7 heteroatoms. The summed E-state index contributed by atoms with van der Waals surface area (Å²) in [6.07, 6.45) is 8.54. The van der Waals surface area contributed by atoms with Crippen LogP contribution in [0.3, 0.4) is 0 Å². The van der Waals surface area contributed by atoms with Crippen molar-refractivity contribution in [2.24, 2.45) is 11.8 Å².